The van der Waals surface area contributed by atoms with E-state index >= 15 is 0 Å². The van der Waals surface area contributed by atoms with Gasteiger partial charge < -0.3 is 9.64 Å². The van der Waals surface area contributed by atoms with Crippen molar-refractivity contribution in [3.05, 3.63) is 60.7 Å². The number of likely N-dealkylation sites (tertiary alicyclic amines) is 1. The van der Waals surface area contributed by atoms with E-state index in [9.17, 15) is 4.79 Å². The zero-order valence-electron chi connectivity index (χ0n) is 24.8. The van der Waals surface area contributed by atoms with Crippen LogP contribution in [0.1, 0.15) is 91.4 Å². The third-order valence-corrected chi connectivity index (χ3v) is 15.5. The Labute approximate surface area is 259 Å². The minimum atomic E-state index is -0.556. The molecule has 2 aromatic carbocycles. The Hall–Kier alpha value is -0.781. The predicted octanol–water partition coefficient (Wildman–Crippen LogP) is 8.64. The molecule has 3 nitrogen and oxygen atoms in total. The van der Waals surface area contributed by atoms with E-state index in [1.165, 1.54) is 74.8 Å². The third kappa shape index (κ3) is 8.40. The van der Waals surface area contributed by atoms with Gasteiger partial charge in [0, 0.05) is 12.6 Å². The van der Waals surface area contributed by atoms with Crippen molar-refractivity contribution in [2.45, 2.75) is 120 Å². The summed E-state index contributed by atoms with van der Waals surface area (Å²) in [4.78, 5) is 16.0. The van der Waals surface area contributed by atoms with Gasteiger partial charge in [-0.1, -0.05) is 107 Å². The number of benzene rings is 2. The van der Waals surface area contributed by atoms with Gasteiger partial charge in [0.05, 0.1) is 0 Å². The summed E-state index contributed by atoms with van der Waals surface area (Å²) in [6, 6.07) is 22.3. The van der Waals surface area contributed by atoms with Gasteiger partial charge in [0.25, 0.3) is 0 Å². The van der Waals surface area contributed by atoms with E-state index < -0.39 is 13.5 Å². The molecule has 2 atom stereocenters. The molecule has 1 heterocycles. The topological polar surface area (TPSA) is 29.5 Å². The molecular formula is C34H49IrNO2P2+3. The van der Waals surface area contributed by atoms with E-state index in [0.29, 0.717) is 5.66 Å². The molecule has 1 amide bonds. The maximum Gasteiger partial charge on any atom is 3.00 e. The van der Waals surface area contributed by atoms with Crippen LogP contribution < -0.4 is 10.6 Å². The normalized spacial score (nSPS) is 22.9. The minimum Gasteiger partial charge on any atom is -0.444 e. The maximum atomic E-state index is 13.8. The molecule has 5 rings (SSSR count). The van der Waals surface area contributed by atoms with Crippen molar-refractivity contribution in [1.82, 2.24) is 4.90 Å². The van der Waals surface area contributed by atoms with Gasteiger partial charge in [-0.05, 0) is 94.5 Å². The summed E-state index contributed by atoms with van der Waals surface area (Å²) in [5, 5.41) is 2.82. The van der Waals surface area contributed by atoms with Gasteiger partial charge in [0.2, 0.25) is 0 Å². The Morgan fingerprint density at radius 3 is 1.70 bits per heavy atom. The first-order valence-electron chi connectivity index (χ1n) is 15.5. The van der Waals surface area contributed by atoms with Crippen LogP contribution in [0.3, 0.4) is 0 Å². The van der Waals surface area contributed by atoms with Crippen LogP contribution in [0.5, 0.6) is 0 Å². The molecule has 1 aliphatic heterocycles. The van der Waals surface area contributed by atoms with Crippen LogP contribution in [-0.4, -0.2) is 52.3 Å². The van der Waals surface area contributed by atoms with Crippen molar-refractivity contribution >= 4 is 32.5 Å². The summed E-state index contributed by atoms with van der Waals surface area (Å²) in [7, 11) is -0.641. The van der Waals surface area contributed by atoms with Crippen LogP contribution in [0, 0.1) is 0 Å². The molecule has 1 saturated heterocycles. The number of amides is 1. The second-order valence-corrected chi connectivity index (χ2v) is 18.3. The SMILES string of the molecule is CC(C)(C)OC(=O)N1CC(P(C2CCCCC2)C2CCCCC2)CC1CP(c1ccccc1)c1ccccc1.[Ir+3]. The number of hydrogen-bond donors (Lipinski definition) is 0. The molecule has 2 aliphatic carbocycles. The Bertz CT molecular complexity index is 977. The van der Waals surface area contributed by atoms with Crippen LogP contribution in [0.25, 0.3) is 0 Å². The molecule has 3 aliphatic rings. The fraction of sp³-hybridized carbons (Fsp3) is 0.618. The maximum absolute atomic E-state index is 13.8. The van der Waals surface area contributed by atoms with Gasteiger partial charge in [-0.15, -0.1) is 0 Å². The number of carbonyl (C=O) groups is 1. The Morgan fingerprint density at radius 2 is 1.25 bits per heavy atom. The molecule has 0 N–H and O–H groups in total. The van der Waals surface area contributed by atoms with Crippen molar-refractivity contribution in [2.75, 3.05) is 12.7 Å². The summed E-state index contributed by atoms with van der Waals surface area (Å²) in [5.74, 6) is 0. The molecule has 6 heteroatoms. The molecule has 2 aromatic rings. The fourth-order valence-electron chi connectivity index (χ4n) is 7.26. The largest absolute Gasteiger partial charge is 3.00 e. The second kappa shape index (κ2) is 15.1. The van der Waals surface area contributed by atoms with Crippen molar-refractivity contribution < 1.29 is 29.6 Å². The molecule has 2 unspecified atom stereocenters. The first-order valence-corrected chi connectivity index (χ1v) is 18.6. The summed E-state index contributed by atoms with van der Waals surface area (Å²) in [6.45, 7) is 6.92. The van der Waals surface area contributed by atoms with Crippen molar-refractivity contribution in [3.63, 3.8) is 0 Å². The number of rotatable bonds is 7. The van der Waals surface area contributed by atoms with E-state index in [1.807, 2.05) is 20.8 Å². The predicted molar refractivity (Wildman–Crippen MR) is 170 cm³/mol. The number of nitrogens with zero attached hydrogens (tertiary/aromatic N) is 1. The monoisotopic (exact) mass is 758 g/mol. The molecule has 0 bridgehead atoms. The smallest absolute Gasteiger partial charge is 0.444 e. The van der Waals surface area contributed by atoms with Gasteiger partial charge in [-0.3, -0.25) is 0 Å². The van der Waals surface area contributed by atoms with E-state index in [2.05, 4.69) is 65.6 Å². The Morgan fingerprint density at radius 1 is 0.775 bits per heavy atom. The summed E-state index contributed by atoms with van der Waals surface area (Å²) >= 11 is 0. The van der Waals surface area contributed by atoms with Gasteiger partial charge >= 0.3 is 26.2 Å². The Balaban J connectivity index is 0.00000370. The quantitative estimate of drug-likeness (QED) is 0.265. The summed E-state index contributed by atoms with van der Waals surface area (Å²) in [6.07, 6.45) is 16.3. The van der Waals surface area contributed by atoms with Crippen LogP contribution in [0.2, 0.25) is 0 Å². The zero-order valence-corrected chi connectivity index (χ0v) is 29.0. The first-order chi connectivity index (χ1) is 18.9. The number of carbonyl (C=O) groups excluding carboxylic acids is 1. The second-order valence-electron chi connectivity index (χ2n) is 13.0. The molecule has 40 heavy (non-hydrogen) atoms. The molecule has 2 saturated carbocycles. The molecule has 0 aromatic heterocycles. The van der Waals surface area contributed by atoms with Crippen LogP contribution in [0.4, 0.5) is 4.79 Å². The van der Waals surface area contributed by atoms with Gasteiger partial charge in [0.1, 0.15) is 5.60 Å². The van der Waals surface area contributed by atoms with Gasteiger partial charge in [-0.2, -0.15) is 0 Å². The summed E-state index contributed by atoms with van der Waals surface area (Å²) in [5.41, 5.74) is 2.00. The van der Waals surface area contributed by atoms with Gasteiger partial charge in [-0.25, -0.2) is 4.79 Å². The standard InChI is InChI=1S/C34H49NO2P2.Ir/c1-34(2,3)37-33(36)35-25-32(39(30-20-12-6-13-21-30)31-22-14-7-15-23-31)24-27(35)26-38(28-16-8-4-9-17-28)29-18-10-5-11-19-29;/h4-5,8-11,16-19,27,30-32H,6-7,12-15,20-26H2,1-3H3;/q;+3. The average molecular weight is 758 g/mol. The van der Waals surface area contributed by atoms with E-state index in [0.717, 1.165) is 30.4 Å². The molecule has 218 valence electrons. The first kappa shape index (κ1) is 32.1. The van der Waals surface area contributed by atoms with Crippen LogP contribution >= 0.6 is 15.8 Å². The van der Waals surface area contributed by atoms with Crippen molar-refractivity contribution in [3.8, 4) is 0 Å². The van der Waals surface area contributed by atoms with Crippen LogP contribution in [-0.2, 0) is 24.8 Å². The fourth-order valence-corrected chi connectivity index (χ4v) is 14.4. The molecule has 0 spiro atoms. The van der Waals surface area contributed by atoms with Crippen molar-refractivity contribution in [1.29, 1.82) is 0 Å². The number of ether oxygens (including phenoxy) is 1. The molecule has 3 fully saturated rings. The Kier molecular flexibility index (Phi) is 12.1. The van der Waals surface area contributed by atoms with E-state index in [4.69, 9.17) is 4.74 Å². The van der Waals surface area contributed by atoms with Gasteiger partial charge in [0.15, 0.2) is 0 Å². The zero-order chi connectivity index (χ0) is 27.2. The van der Waals surface area contributed by atoms with E-state index in [-0.39, 0.29) is 40.2 Å². The third-order valence-electron chi connectivity index (χ3n) is 8.96. The van der Waals surface area contributed by atoms with Crippen molar-refractivity contribution in [2.24, 2.45) is 0 Å². The number of hydrogen-bond acceptors (Lipinski definition) is 2. The van der Waals surface area contributed by atoms with Crippen LogP contribution in [0.15, 0.2) is 60.7 Å². The van der Waals surface area contributed by atoms with E-state index in [1.54, 1.807) is 0 Å². The minimum absolute atomic E-state index is 0. The molecule has 0 radical (unpaired) electrons. The average Bonchev–Trinajstić information content (AvgIpc) is 3.36. The summed E-state index contributed by atoms with van der Waals surface area (Å²) < 4.78 is 6.07. The molecular weight excluding hydrogens is 709 g/mol.